The van der Waals surface area contributed by atoms with Gasteiger partial charge in [-0.15, -0.1) is 0 Å². The Labute approximate surface area is 88.8 Å². The molecule has 1 rings (SSSR count). The molecule has 0 spiro atoms. The highest BCUT2D eigenvalue weighted by atomic mass is 35.5. The molecule has 0 atom stereocenters. The van der Waals surface area contributed by atoms with Gasteiger partial charge in [0.15, 0.2) is 0 Å². The first kappa shape index (κ1) is 11.3. The monoisotopic (exact) mass is 215 g/mol. The van der Waals surface area contributed by atoms with Gasteiger partial charge in [0.1, 0.15) is 12.4 Å². The van der Waals surface area contributed by atoms with Crippen molar-refractivity contribution in [3.05, 3.63) is 28.8 Å². The third-order valence-corrected chi connectivity index (χ3v) is 2.10. The number of methoxy groups -OCH3 is 1. The third kappa shape index (κ3) is 2.87. The second-order valence-electron chi connectivity index (χ2n) is 2.77. The Bertz CT molecular complexity index is 291. The Balaban J connectivity index is 2.72. The standard InChI is InChI=1S/C10H14ClNO2/c1-13-5-6-14-10-8(7-12)3-2-4-9(10)11/h2-4H,5-7,12H2,1H3. The first-order valence-electron chi connectivity index (χ1n) is 4.38. The van der Waals surface area contributed by atoms with E-state index in [9.17, 15) is 0 Å². The van der Waals surface area contributed by atoms with E-state index in [2.05, 4.69) is 0 Å². The zero-order valence-corrected chi connectivity index (χ0v) is 8.88. The number of para-hydroxylation sites is 1. The van der Waals surface area contributed by atoms with Gasteiger partial charge in [0.25, 0.3) is 0 Å². The average Bonchev–Trinajstić information content (AvgIpc) is 2.20. The third-order valence-electron chi connectivity index (χ3n) is 1.80. The lowest BCUT2D eigenvalue weighted by Gasteiger charge is -2.11. The van der Waals surface area contributed by atoms with Crippen molar-refractivity contribution in [1.82, 2.24) is 0 Å². The summed E-state index contributed by atoms with van der Waals surface area (Å²) in [4.78, 5) is 0. The van der Waals surface area contributed by atoms with Crippen LogP contribution in [-0.2, 0) is 11.3 Å². The van der Waals surface area contributed by atoms with Crippen molar-refractivity contribution in [3.8, 4) is 5.75 Å². The fourth-order valence-corrected chi connectivity index (χ4v) is 1.35. The van der Waals surface area contributed by atoms with Gasteiger partial charge < -0.3 is 15.2 Å². The molecule has 0 aliphatic carbocycles. The highest BCUT2D eigenvalue weighted by Gasteiger charge is 2.06. The topological polar surface area (TPSA) is 44.5 Å². The van der Waals surface area contributed by atoms with E-state index in [0.29, 0.717) is 30.5 Å². The van der Waals surface area contributed by atoms with Gasteiger partial charge in [0, 0.05) is 19.2 Å². The summed E-state index contributed by atoms with van der Waals surface area (Å²) in [7, 11) is 1.62. The Morgan fingerprint density at radius 3 is 2.79 bits per heavy atom. The van der Waals surface area contributed by atoms with Crippen molar-refractivity contribution in [2.24, 2.45) is 5.73 Å². The van der Waals surface area contributed by atoms with Gasteiger partial charge in [0.05, 0.1) is 11.6 Å². The van der Waals surface area contributed by atoms with Crippen molar-refractivity contribution in [2.75, 3.05) is 20.3 Å². The van der Waals surface area contributed by atoms with Crippen LogP contribution < -0.4 is 10.5 Å². The number of benzene rings is 1. The highest BCUT2D eigenvalue weighted by Crippen LogP contribution is 2.28. The van der Waals surface area contributed by atoms with E-state index in [4.69, 9.17) is 26.8 Å². The molecule has 0 radical (unpaired) electrons. The molecule has 0 aliphatic rings. The van der Waals surface area contributed by atoms with Crippen LogP contribution in [0.2, 0.25) is 5.02 Å². The van der Waals surface area contributed by atoms with E-state index < -0.39 is 0 Å². The summed E-state index contributed by atoms with van der Waals surface area (Å²) in [6.45, 7) is 1.44. The lowest BCUT2D eigenvalue weighted by atomic mass is 10.2. The normalized spacial score (nSPS) is 10.2. The molecule has 1 aromatic carbocycles. The quantitative estimate of drug-likeness (QED) is 0.763. The zero-order chi connectivity index (χ0) is 10.4. The average molecular weight is 216 g/mol. The Morgan fingerprint density at radius 2 is 2.14 bits per heavy atom. The first-order chi connectivity index (χ1) is 6.79. The molecule has 0 bridgehead atoms. The molecule has 0 unspecified atom stereocenters. The van der Waals surface area contributed by atoms with Gasteiger partial charge in [-0.2, -0.15) is 0 Å². The van der Waals surface area contributed by atoms with Crippen LogP contribution >= 0.6 is 11.6 Å². The molecule has 4 heteroatoms. The van der Waals surface area contributed by atoms with Crippen LogP contribution in [0.15, 0.2) is 18.2 Å². The molecular weight excluding hydrogens is 202 g/mol. The lowest BCUT2D eigenvalue weighted by Crippen LogP contribution is -2.08. The van der Waals surface area contributed by atoms with Crippen LogP contribution in [0.5, 0.6) is 5.75 Å². The Hall–Kier alpha value is -0.770. The predicted molar refractivity (Wildman–Crippen MR) is 56.7 cm³/mol. The van der Waals surface area contributed by atoms with Crippen LogP contribution in [0.1, 0.15) is 5.56 Å². The van der Waals surface area contributed by atoms with E-state index in [1.807, 2.05) is 12.1 Å². The summed E-state index contributed by atoms with van der Waals surface area (Å²) in [5, 5.41) is 0.587. The summed E-state index contributed by atoms with van der Waals surface area (Å²) in [6, 6.07) is 5.53. The molecule has 0 saturated carbocycles. The molecule has 0 heterocycles. The maximum atomic E-state index is 5.97. The number of rotatable bonds is 5. The predicted octanol–water partition coefficient (Wildman–Crippen LogP) is 1.82. The van der Waals surface area contributed by atoms with Gasteiger partial charge in [-0.25, -0.2) is 0 Å². The van der Waals surface area contributed by atoms with E-state index in [1.165, 1.54) is 0 Å². The minimum Gasteiger partial charge on any atom is -0.489 e. The van der Waals surface area contributed by atoms with Crippen LogP contribution in [-0.4, -0.2) is 20.3 Å². The maximum Gasteiger partial charge on any atom is 0.142 e. The van der Waals surface area contributed by atoms with Crippen molar-refractivity contribution in [3.63, 3.8) is 0 Å². The second-order valence-corrected chi connectivity index (χ2v) is 3.18. The number of hydrogen-bond acceptors (Lipinski definition) is 3. The number of hydrogen-bond donors (Lipinski definition) is 1. The summed E-state index contributed by atoms with van der Waals surface area (Å²) >= 11 is 5.97. The molecule has 3 nitrogen and oxygen atoms in total. The summed E-state index contributed by atoms with van der Waals surface area (Å²) in [5.41, 5.74) is 6.46. The molecule has 0 amide bonds. The minimum absolute atomic E-state index is 0.420. The van der Waals surface area contributed by atoms with E-state index in [-0.39, 0.29) is 0 Å². The van der Waals surface area contributed by atoms with Crippen molar-refractivity contribution < 1.29 is 9.47 Å². The number of halogens is 1. The zero-order valence-electron chi connectivity index (χ0n) is 8.13. The van der Waals surface area contributed by atoms with Crippen LogP contribution in [0, 0.1) is 0 Å². The molecule has 78 valence electrons. The van der Waals surface area contributed by atoms with E-state index in [0.717, 1.165) is 5.56 Å². The molecular formula is C10H14ClNO2. The van der Waals surface area contributed by atoms with Gasteiger partial charge in [0.2, 0.25) is 0 Å². The molecule has 0 fully saturated rings. The fourth-order valence-electron chi connectivity index (χ4n) is 1.10. The first-order valence-corrected chi connectivity index (χ1v) is 4.76. The smallest absolute Gasteiger partial charge is 0.142 e. The lowest BCUT2D eigenvalue weighted by molar-refractivity contribution is 0.146. The van der Waals surface area contributed by atoms with Crippen molar-refractivity contribution in [1.29, 1.82) is 0 Å². The molecule has 2 N–H and O–H groups in total. The van der Waals surface area contributed by atoms with Crippen molar-refractivity contribution >= 4 is 11.6 Å². The van der Waals surface area contributed by atoms with Crippen molar-refractivity contribution in [2.45, 2.75) is 6.54 Å². The number of nitrogens with two attached hydrogens (primary N) is 1. The van der Waals surface area contributed by atoms with Gasteiger partial charge in [-0.05, 0) is 6.07 Å². The molecule has 0 aliphatic heterocycles. The number of ether oxygens (including phenoxy) is 2. The van der Waals surface area contributed by atoms with Gasteiger partial charge >= 0.3 is 0 Å². The fraction of sp³-hybridized carbons (Fsp3) is 0.400. The Kier molecular flexibility index (Phi) is 4.73. The minimum atomic E-state index is 0.420. The summed E-state index contributed by atoms with van der Waals surface area (Å²) in [5.74, 6) is 0.661. The van der Waals surface area contributed by atoms with Crippen LogP contribution in [0.3, 0.4) is 0 Å². The second kappa shape index (κ2) is 5.86. The maximum absolute atomic E-state index is 5.97. The highest BCUT2D eigenvalue weighted by molar-refractivity contribution is 6.32. The Morgan fingerprint density at radius 1 is 1.36 bits per heavy atom. The van der Waals surface area contributed by atoms with Gasteiger partial charge in [-0.3, -0.25) is 0 Å². The largest absolute Gasteiger partial charge is 0.489 e. The molecule has 0 saturated heterocycles. The summed E-state index contributed by atoms with van der Waals surface area (Å²) < 4.78 is 10.3. The molecule has 14 heavy (non-hydrogen) atoms. The van der Waals surface area contributed by atoms with Crippen LogP contribution in [0.25, 0.3) is 0 Å². The summed E-state index contributed by atoms with van der Waals surface area (Å²) in [6.07, 6.45) is 0. The van der Waals surface area contributed by atoms with E-state index >= 15 is 0 Å². The van der Waals surface area contributed by atoms with Crippen LogP contribution in [0.4, 0.5) is 0 Å². The molecule has 0 aromatic heterocycles. The van der Waals surface area contributed by atoms with Gasteiger partial charge in [-0.1, -0.05) is 23.7 Å². The van der Waals surface area contributed by atoms with E-state index in [1.54, 1.807) is 13.2 Å². The molecule has 1 aromatic rings. The SMILES string of the molecule is COCCOc1c(Cl)cccc1CN.